The number of benzene rings is 3. The summed E-state index contributed by atoms with van der Waals surface area (Å²) in [6, 6.07) is 18.7. The van der Waals surface area contributed by atoms with Crippen molar-refractivity contribution < 1.29 is 13.9 Å². The van der Waals surface area contributed by atoms with Gasteiger partial charge in [0.05, 0.1) is 15.6 Å². The number of carbonyl (C=O) groups is 1. The van der Waals surface area contributed by atoms with Gasteiger partial charge in [-0.1, -0.05) is 48.3 Å². The lowest BCUT2D eigenvalue weighted by Gasteiger charge is -2.13. The minimum absolute atomic E-state index is 0.0953. The molecule has 0 saturated carbocycles. The molecule has 4 rings (SSSR count). The molecule has 8 heteroatoms. The zero-order chi connectivity index (χ0) is 24.1. The van der Waals surface area contributed by atoms with E-state index in [4.69, 9.17) is 27.9 Å². The number of amides is 1. The van der Waals surface area contributed by atoms with Gasteiger partial charge in [-0.2, -0.15) is 0 Å². The molecule has 3 aromatic carbocycles. The summed E-state index contributed by atoms with van der Waals surface area (Å²) in [7, 11) is 0. The topological polar surface area (TPSA) is 41.9 Å². The summed E-state index contributed by atoms with van der Waals surface area (Å²) in [6.07, 6.45) is 2.60. The summed E-state index contributed by atoms with van der Waals surface area (Å²) in [5.41, 5.74) is 2.20. The second kappa shape index (κ2) is 11.1. The number of carbonyl (C=O) groups excluding carboxylic acids is 1. The van der Waals surface area contributed by atoms with Crippen molar-refractivity contribution in [1.82, 2.24) is 4.90 Å². The zero-order valence-corrected chi connectivity index (χ0v) is 20.6. The predicted octanol–water partition coefficient (Wildman–Crippen LogP) is 7.73. The SMILES string of the molecule is CCCN1C(=O)/C(=C/c2ccc(OCc3cccc(F)c3)c(Cl)c2)SC1=Nc1ccc(Cl)cc1. The first-order valence-electron chi connectivity index (χ1n) is 10.7. The maximum atomic E-state index is 13.4. The van der Waals surface area contributed by atoms with Crippen molar-refractivity contribution in [3.63, 3.8) is 0 Å². The molecule has 4 nitrogen and oxygen atoms in total. The molecule has 0 spiro atoms. The van der Waals surface area contributed by atoms with Crippen LogP contribution >= 0.6 is 35.0 Å². The van der Waals surface area contributed by atoms with Crippen LogP contribution in [0.2, 0.25) is 10.0 Å². The highest BCUT2D eigenvalue weighted by Gasteiger charge is 2.32. The third-order valence-electron chi connectivity index (χ3n) is 4.92. The number of amidine groups is 1. The van der Waals surface area contributed by atoms with Crippen LogP contribution in [-0.2, 0) is 11.4 Å². The second-order valence-corrected chi connectivity index (χ2v) is 9.40. The van der Waals surface area contributed by atoms with Crippen LogP contribution < -0.4 is 4.74 Å². The van der Waals surface area contributed by atoms with Gasteiger partial charge in [0.25, 0.3) is 5.91 Å². The standard InChI is InChI=1S/C26H21Cl2FN2O2S/c1-2-12-31-25(32)24(34-26(31)30-21-9-7-19(27)8-10-21)15-17-6-11-23(22(28)14-17)33-16-18-4-3-5-20(29)13-18/h3-11,13-15H,2,12,16H2,1H3/b24-15-,30-26?. The van der Waals surface area contributed by atoms with Crippen molar-refractivity contribution >= 4 is 57.8 Å². The Hall–Kier alpha value is -2.80. The minimum atomic E-state index is -0.316. The van der Waals surface area contributed by atoms with Gasteiger partial charge in [0.1, 0.15) is 18.2 Å². The van der Waals surface area contributed by atoms with E-state index < -0.39 is 0 Å². The maximum absolute atomic E-state index is 13.4. The van der Waals surface area contributed by atoms with Gasteiger partial charge >= 0.3 is 0 Å². The molecule has 0 radical (unpaired) electrons. The second-order valence-electron chi connectivity index (χ2n) is 7.55. The first kappa shape index (κ1) is 24.3. The third kappa shape index (κ3) is 6.00. The lowest BCUT2D eigenvalue weighted by Crippen LogP contribution is -2.29. The average molecular weight is 515 g/mol. The fraction of sp³-hybridized carbons (Fsp3) is 0.154. The van der Waals surface area contributed by atoms with Gasteiger partial charge in [0, 0.05) is 11.6 Å². The minimum Gasteiger partial charge on any atom is -0.487 e. The zero-order valence-electron chi connectivity index (χ0n) is 18.3. The molecule has 0 bridgehead atoms. The fourth-order valence-electron chi connectivity index (χ4n) is 3.30. The van der Waals surface area contributed by atoms with Crippen molar-refractivity contribution in [1.29, 1.82) is 0 Å². The number of aliphatic imine (C=N–C) groups is 1. The number of ether oxygens (including phenoxy) is 1. The smallest absolute Gasteiger partial charge is 0.266 e. The van der Waals surface area contributed by atoms with Crippen LogP contribution in [0.4, 0.5) is 10.1 Å². The molecule has 0 aromatic heterocycles. The molecule has 1 aliphatic heterocycles. The molecule has 0 atom stereocenters. The van der Waals surface area contributed by atoms with Crippen LogP contribution in [0.3, 0.4) is 0 Å². The van der Waals surface area contributed by atoms with Gasteiger partial charge in [-0.15, -0.1) is 0 Å². The normalized spacial score (nSPS) is 16.0. The summed E-state index contributed by atoms with van der Waals surface area (Å²) in [6.45, 7) is 2.79. The molecular weight excluding hydrogens is 494 g/mol. The van der Waals surface area contributed by atoms with E-state index in [2.05, 4.69) is 4.99 Å². The van der Waals surface area contributed by atoms with Crippen molar-refractivity contribution in [2.75, 3.05) is 6.54 Å². The first-order chi connectivity index (χ1) is 16.4. The highest BCUT2D eigenvalue weighted by atomic mass is 35.5. The van der Waals surface area contributed by atoms with E-state index in [0.29, 0.717) is 38.0 Å². The Kier molecular flexibility index (Phi) is 7.93. The van der Waals surface area contributed by atoms with E-state index >= 15 is 0 Å². The van der Waals surface area contributed by atoms with Crippen LogP contribution in [0.15, 0.2) is 76.6 Å². The number of nitrogens with zero attached hydrogens (tertiary/aromatic N) is 2. The van der Waals surface area contributed by atoms with Gasteiger partial charge in [-0.3, -0.25) is 9.69 Å². The quantitative estimate of drug-likeness (QED) is 0.303. The molecule has 0 unspecified atom stereocenters. The average Bonchev–Trinajstić information content (AvgIpc) is 3.09. The fourth-order valence-corrected chi connectivity index (χ4v) is 4.70. The summed E-state index contributed by atoms with van der Waals surface area (Å²) in [4.78, 5) is 19.9. The lowest BCUT2D eigenvalue weighted by molar-refractivity contribution is -0.122. The maximum Gasteiger partial charge on any atom is 0.266 e. The Morgan fingerprint density at radius 3 is 2.59 bits per heavy atom. The number of thioether (sulfide) groups is 1. The third-order valence-corrected chi connectivity index (χ3v) is 6.48. The molecule has 174 valence electrons. The van der Waals surface area contributed by atoms with Crippen molar-refractivity contribution in [2.24, 2.45) is 4.99 Å². The van der Waals surface area contributed by atoms with E-state index in [-0.39, 0.29) is 18.3 Å². The molecule has 0 N–H and O–H groups in total. The van der Waals surface area contributed by atoms with E-state index in [1.165, 1.54) is 23.9 Å². The Labute approximate surface area is 212 Å². The number of hydrogen-bond acceptors (Lipinski definition) is 4. The van der Waals surface area contributed by atoms with Gasteiger partial charge in [0.2, 0.25) is 0 Å². The summed E-state index contributed by atoms with van der Waals surface area (Å²) < 4.78 is 19.1. The molecule has 3 aromatic rings. The molecule has 34 heavy (non-hydrogen) atoms. The Morgan fingerprint density at radius 1 is 1.09 bits per heavy atom. The highest BCUT2D eigenvalue weighted by molar-refractivity contribution is 8.18. The van der Waals surface area contributed by atoms with E-state index in [1.807, 2.05) is 25.1 Å². The lowest BCUT2D eigenvalue weighted by atomic mass is 10.2. The van der Waals surface area contributed by atoms with Crippen LogP contribution in [0.25, 0.3) is 6.08 Å². The number of halogens is 3. The molecule has 1 amide bonds. The van der Waals surface area contributed by atoms with Gasteiger partial charge in [-0.25, -0.2) is 9.38 Å². The molecule has 1 saturated heterocycles. The monoisotopic (exact) mass is 514 g/mol. The highest BCUT2D eigenvalue weighted by Crippen LogP contribution is 2.35. The van der Waals surface area contributed by atoms with Crippen molar-refractivity contribution in [2.45, 2.75) is 20.0 Å². The van der Waals surface area contributed by atoms with E-state index in [0.717, 1.165) is 17.7 Å². The van der Waals surface area contributed by atoms with Crippen LogP contribution in [-0.4, -0.2) is 22.5 Å². The van der Waals surface area contributed by atoms with Crippen LogP contribution in [0, 0.1) is 5.82 Å². The van der Waals surface area contributed by atoms with E-state index in [9.17, 15) is 9.18 Å². The Bertz CT molecular complexity index is 1260. The Morgan fingerprint density at radius 2 is 1.88 bits per heavy atom. The molecular formula is C26H21Cl2FN2O2S. The number of hydrogen-bond donors (Lipinski definition) is 0. The van der Waals surface area contributed by atoms with Gasteiger partial charge in [0.15, 0.2) is 5.17 Å². The summed E-state index contributed by atoms with van der Waals surface area (Å²) in [5.74, 6) is 0.0715. The number of rotatable bonds is 7. The summed E-state index contributed by atoms with van der Waals surface area (Å²) in [5, 5.41) is 1.66. The van der Waals surface area contributed by atoms with Gasteiger partial charge < -0.3 is 4.74 Å². The molecule has 1 heterocycles. The Balaban J connectivity index is 1.52. The van der Waals surface area contributed by atoms with Crippen LogP contribution in [0.1, 0.15) is 24.5 Å². The van der Waals surface area contributed by atoms with Crippen molar-refractivity contribution in [3.8, 4) is 5.75 Å². The predicted molar refractivity (Wildman–Crippen MR) is 138 cm³/mol. The van der Waals surface area contributed by atoms with Gasteiger partial charge in [-0.05, 0) is 83.9 Å². The van der Waals surface area contributed by atoms with E-state index in [1.54, 1.807) is 47.4 Å². The first-order valence-corrected chi connectivity index (χ1v) is 12.2. The molecule has 1 aliphatic rings. The molecule has 1 fully saturated rings. The van der Waals surface area contributed by atoms with Crippen LogP contribution in [0.5, 0.6) is 5.75 Å². The molecule has 0 aliphatic carbocycles. The largest absolute Gasteiger partial charge is 0.487 e. The summed E-state index contributed by atoms with van der Waals surface area (Å²) >= 11 is 13.7. The van der Waals surface area contributed by atoms with Crippen molar-refractivity contribution in [3.05, 3.63) is 98.6 Å².